The molecule has 4 heteroatoms. The molecule has 0 saturated heterocycles. The first-order valence-corrected chi connectivity index (χ1v) is 7.31. The molecule has 0 amide bonds. The Hall–Kier alpha value is -1.68. The molecule has 1 aromatic heterocycles. The Kier molecular flexibility index (Phi) is 3.57. The van der Waals surface area contributed by atoms with E-state index in [9.17, 15) is 0 Å². The summed E-state index contributed by atoms with van der Waals surface area (Å²) in [5.74, 6) is 0. The lowest BCUT2D eigenvalue weighted by Crippen LogP contribution is -2.15. The largest absolute Gasteiger partial charge is 0.308 e. The zero-order valence-corrected chi connectivity index (χ0v) is 12.5. The molecule has 1 N–H and O–H groups in total. The number of hydrogen-bond acceptors (Lipinski definition) is 3. The predicted molar refractivity (Wildman–Crippen MR) is 79.6 cm³/mol. The van der Waals surface area contributed by atoms with Crippen LogP contribution in [0.2, 0.25) is 0 Å². The zero-order chi connectivity index (χ0) is 14.1. The van der Waals surface area contributed by atoms with Crippen LogP contribution in [0.1, 0.15) is 40.8 Å². The van der Waals surface area contributed by atoms with E-state index in [1.807, 2.05) is 10.9 Å². The van der Waals surface area contributed by atoms with E-state index < -0.39 is 0 Å². The summed E-state index contributed by atoms with van der Waals surface area (Å²) in [6, 6.07) is 5.17. The topological polar surface area (TPSA) is 42.7 Å². The van der Waals surface area contributed by atoms with Gasteiger partial charge in [0.1, 0.15) is 0 Å². The van der Waals surface area contributed by atoms with E-state index in [0.29, 0.717) is 6.04 Å². The molecule has 106 valence electrons. The van der Waals surface area contributed by atoms with Crippen LogP contribution in [0.3, 0.4) is 0 Å². The maximum atomic E-state index is 4.24. The molecule has 1 aliphatic rings. The van der Waals surface area contributed by atoms with Gasteiger partial charge in [-0.3, -0.25) is 0 Å². The Bertz CT molecular complexity index is 588. The van der Waals surface area contributed by atoms with Gasteiger partial charge < -0.3 is 5.32 Å². The lowest BCUT2D eigenvalue weighted by molar-refractivity contribution is 0.642. The van der Waals surface area contributed by atoms with E-state index >= 15 is 0 Å². The molecule has 0 bridgehead atoms. The third kappa shape index (κ3) is 3.07. The van der Waals surface area contributed by atoms with E-state index in [-0.39, 0.29) is 0 Å². The molecule has 1 aliphatic carbocycles. The van der Waals surface area contributed by atoms with Crippen LogP contribution >= 0.6 is 0 Å². The summed E-state index contributed by atoms with van der Waals surface area (Å²) in [6.45, 7) is 8.11. The Morgan fingerprint density at radius 3 is 2.55 bits per heavy atom. The van der Waals surface area contributed by atoms with Crippen LogP contribution in [0, 0.1) is 20.8 Å². The van der Waals surface area contributed by atoms with Gasteiger partial charge in [0.25, 0.3) is 0 Å². The second-order valence-corrected chi connectivity index (χ2v) is 5.94. The number of hydrogen-bond donors (Lipinski definition) is 1. The highest BCUT2D eigenvalue weighted by Gasteiger charge is 2.20. The van der Waals surface area contributed by atoms with Crippen molar-refractivity contribution in [1.29, 1.82) is 0 Å². The third-order valence-corrected chi connectivity index (χ3v) is 3.90. The summed E-state index contributed by atoms with van der Waals surface area (Å²) in [4.78, 5) is 0. The van der Waals surface area contributed by atoms with Crippen molar-refractivity contribution in [2.75, 3.05) is 0 Å². The Morgan fingerprint density at radius 2 is 1.90 bits per heavy atom. The van der Waals surface area contributed by atoms with Gasteiger partial charge in [-0.2, -0.15) is 0 Å². The first-order valence-electron chi connectivity index (χ1n) is 7.31. The minimum Gasteiger partial charge on any atom is -0.308 e. The van der Waals surface area contributed by atoms with Crippen LogP contribution in [0.15, 0.2) is 18.3 Å². The molecule has 1 heterocycles. The second-order valence-electron chi connectivity index (χ2n) is 5.94. The van der Waals surface area contributed by atoms with Crippen molar-refractivity contribution in [1.82, 2.24) is 20.3 Å². The minimum absolute atomic E-state index is 0.710. The first-order chi connectivity index (χ1) is 9.61. The van der Waals surface area contributed by atoms with Crippen molar-refractivity contribution < 1.29 is 0 Å². The molecule has 0 spiro atoms. The lowest BCUT2D eigenvalue weighted by atomic mass is 10.00. The molecule has 0 aliphatic heterocycles. The number of benzene rings is 1. The minimum atomic E-state index is 0.710. The summed E-state index contributed by atoms with van der Waals surface area (Å²) in [7, 11) is 0. The van der Waals surface area contributed by atoms with E-state index in [4.69, 9.17) is 0 Å². The van der Waals surface area contributed by atoms with E-state index in [0.717, 1.165) is 18.8 Å². The van der Waals surface area contributed by atoms with Crippen molar-refractivity contribution in [3.8, 4) is 0 Å². The van der Waals surface area contributed by atoms with Gasteiger partial charge in [0.15, 0.2) is 0 Å². The molecule has 3 rings (SSSR count). The van der Waals surface area contributed by atoms with Crippen LogP contribution in [0.25, 0.3) is 0 Å². The predicted octanol–water partition coefficient (Wildman–Crippen LogP) is 2.50. The number of nitrogens with one attached hydrogen (secondary N) is 1. The first kappa shape index (κ1) is 13.3. The summed E-state index contributed by atoms with van der Waals surface area (Å²) >= 11 is 0. The summed E-state index contributed by atoms with van der Waals surface area (Å²) < 4.78 is 1.94. The SMILES string of the molecule is Cc1cc(C)c(Cn2cc(CNC3CC3)nn2)c(C)c1. The fraction of sp³-hybridized carbons (Fsp3) is 0.500. The molecular formula is C16H22N4. The standard InChI is InChI=1S/C16H22N4/c1-11-6-12(2)16(13(3)7-11)10-20-9-15(18-19-20)8-17-14-4-5-14/h6-7,9,14,17H,4-5,8,10H2,1-3H3. The number of aryl methyl sites for hydroxylation is 3. The van der Waals surface area contributed by atoms with Gasteiger partial charge in [0.2, 0.25) is 0 Å². The van der Waals surface area contributed by atoms with Crippen LogP contribution in [-0.4, -0.2) is 21.0 Å². The van der Waals surface area contributed by atoms with E-state index in [2.05, 4.69) is 48.5 Å². The highest BCUT2D eigenvalue weighted by atomic mass is 15.4. The zero-order valence-electron chi connectivity index (χ0n) is 12.5. The van der Waals surface area contributed by atoms with Gasteiger partial charge in [-0.1, -0.05) is 22.9 Å². The second kappa shape index (κ2) is 5.37. The summed E-state index contributed by atoms with van der Waals surface area (Å²) in [5.41, 5.74) is 6.35. The third-order valence-electron chi connectivity index (χ3n) is 3.90. The van der Waals surface area contributed by atoms with Gasteiger partial charge in [-0.15, -0.1) is 5.10 Å². The lowest BCUT2D eigenvalue weighted by Gasteiger charge is -2.10. The van der Waals surface area contributed by atoms with Crippen molar-refractivity contribution in [2.24, 2.45) is 0 Å². The fourth-order valence-corrected chi connectivity index (χ4v) is 2.65. The van der Waals surface area contributed by atoms with Crippen LogP contribution in [0.4, 0.5) is 0 Å². The Balaban J connectivity index is 1.70. The number of nitrogens with zero attached hydrogens (tertiary/aromatic N) is 3. The maximum absolute atomic E-state index is 4.24. The normalized spacial score (nSPS) is 14.8. The van der Waals surface area contributed by atoms with Gasteiger partial charge in [-0.05, 0) is 50.3 Å². The van der Waals surface area contributed by atoms with Crippen LogP contribution in [0.5, 0.6) is 0 Å². The molecule has 1 fully saturated rings. The molecule has 1 aromatic carbocycles. The Labute approximate surface area is 120 Å². The van der Waals surface area contributed by atoms with Gasteiger partial charge in [0, 0.05) is 12.6 Å². The molecule has 0 radical (unpaired) electrons. The van der Waals surface area contributed by atoms with E-state index in [1.165, 1.54) is 35.1 Å². The van der Waals surface area contributed by atoms with Crippen molar-refractivity contribution in [3.63, 3.8) is 0 Å². The molecule has 4 nitrogen and oxygen atoms in total. The average molecular weight is 270 g/mol. The van der Waals surface area contributed by atoms with Gasteiger partial charge in [0.05, 0.1) is 18.4 Å². The fourth-order valence-electron chi connectivity index (χ4n) is 2.65. The monoisotopic (exact) mass is 270 g/mol. The highest BCUT2D eigenvalue weighted by molar-refractivity contribution is 5.37. The molecule has 1 saturated carbocycles. The smallest absolute Gasteiger partial charge is 0.0965 e. The summed E-state index contributed by atoms with van der Waals surface area (Å²) in [5, 5.41) is 11.9. The maximum Gasteiger partial charge on any atom is 0.0965 e. The average Bonchev–Trinajstić information content (AvgIpc) is 3.11. The molecule has 0 atom stereocenters. The number of rotatable bonds is 5. The highest BCUT2D eigenvalue weighted by Crippen LogP contribution is 2.19. The molecular weight excluding hydrogens is 248 g/mol. The van der Waals surface area contributed by atoms with E-state index in [1.54, 1.807) is 0 Å². The van der Waals surface area contributed by atoms with Gasteiger partial charge >= 0.3 is 0 Å². The number of aromatic nitrogens is 3. The Morgan fingerprint density at radius 1 is 1.20 bits per heavy atom. The van der Waals surface area contributed by atoms with Crippen molar-refractivity contribution in [2.45, 2.75) is 52.7 Å². The van der Waals surface area contributed by atoms with Gasteiger partial charge in [-0.25, -0.2) is 4.68 Å². The van der Waals surface area contributed by atoms with Crippen LogP contribution < -0.4 is 5.32 Å². The van der Waals surface area contributed by atoms with Crippen molar-refractivity contribution >= 4 is 0 Å². The molecule has 0 unspecified atom stereocenters. The van der Waals surface area contributed by atoms with Crippen LogP contribution in [-0.2, 0) is 13.1 Å². The molecule has 20 heavy (non-hydrogen) atoms. The van der Waals surface area contributed by atoms with Crippen molar-refractivity contribution in [3.05, 3.63) is 46.3 Å². The summed E-state index contributed by atoms with van der Waals surface area (Å²) in [6.07, 6.45) is 4.65. The molecule has 2 aromatic rings. The quantitative estimate of drug-likeness (QED) is 0.907.